The molecule has 1 aromatic carbocycles. The smallest absolute Gasteiger partial charge is 0.255 e. The number of halogens is 1. The van der Waals surface area contributed by atoms with Crippen LogP contribution in [-0.2, 0) is 4.79 Å². The van der Waals surface area contributed by atoms with E-state index in [-0.39, 0.29) is 29.9 Å². The number of hydrogen-bond acceptors (Lipinski definition) is 5. The number of piperazine rings is 1. The van der Waals surface area contributed by atoms with Gasteiger partial charge >= 0.3 is 0 Å². The second-order valence-electron chi connectivity index (χ2n) is 12.9. The van der Waals surface area contributed by atoms with Crippen molar-refractivity contribution in [1.29, 1.82) is 0 Å². The Morgan fingerprint density at radius 1 is 0.929 bits per heavy atom. The normalized spacial score (nSPS) is 27.7. The molecule has 0 spiro atoms. The van der Waals surface area contributed by atoms with Gasteiger partial charge in [-0.25, -0.2) is 9.37 Å². The SMILES string of the molecule is Cc1ncc2c(-c3ccc(F)cc3C(=O)N3[C@H](C)CC[C@@H]3C)cc(N3CCN(C(=O)C4NC5CCC4CC5)CC3)cn12. The first-order valence-corrected chi connectivity index (χ1v) is 15.7. The third-order valence-corrected chi connectivity index (χ3v) is 10.4. The number of aromatic nitrogens is 2. The molecule has 4 saturated heterocycles. The average Bonchev–Trinajstić information content (AvgIpc) is 3.57. The van der Waals surface area contributed by atoms with Crippen LogP contribution in [0.3, 0.4) is 0 Å². The fraction of sp³-hybridized carbons (Fsp3) is 0.545. The van der Waals surface area contributed by atoms with Crippen molar-refractivity contribution in [3.05, 3.63) is 53.9 Å². The van der Waals surface area contributed by atoms with Crippen LogP contribution in [0.4, 0.5) is 10.1 Å². The third-order valence-electron chi connectivity index (χ3n) is 10.4. The van der Waals surface area contributed by atoms with E-state index in [1.165, 1.54) is 25.0 Å². The number of piperidine rings is 2. The van der Waals surface area contributed by atoms with Crippen LogP contribution in [0.25, 0.3) is 16.6 Å². The van der Waals surface area contributed by atoms with Gasteiger partial charge in [0.15, 0.2) is 0 Å². The highest BCUT2D eigenvalue weighted by Gasteiger charge is 2.41. The Hall–Kier alpha value is -3.46. The minimum atomic E-state index is -0.417. The maximum absolute atomic E-state index is 14.6. The zero-order valence-electron chi connectivity index (χ0n) is 24.9. The fourth-order valence-corrected chi connectivity index (χ4v) is 7.92. The summed E-state index contributed by atoms with van der Waals surface area (Å²) in [6.45, 7) is 8.90. The fourth-order valence-electron chi connectivity index (χ4n) is 7.92. The number of nitrogens with zero attached hydrogens (tertiary/aromatic N) is 5. The highest BCUT2D eigenvalue weighted by Crippen LogP contribution is 2.37. The molecule has 9 heteroatoms. The Morgan fingerprint density at radius 2 is 1.64 bits per heavy atom. The number of hydrogen-bond donors (Lipinski definition) is 1. The van der Waals surface area contributed by atoms with Gasteiger partial charge in [-0.3, -0.25) is 9.59 Å². The van der Waals surface area contributed by atoms with E-state index in [4.69, 9.17) is 0 Å². The molecule has 2 amide bonds. The number of rotatable bonds is 4. The molecule has 1 aliphatic carbocycles. The van der Waals surface area contributed by atoms with E-state index in [1.54, 1.807) is 6.07 Å². The number of amides is 2. The van der Waals surface area contributed by atoms with Crippen LogP contribution >= 0.6 is 0 Å². The van der Waals surface area contributed by atoms with Crippen LogP contribution < -0.4 is 10.2 Å². The molecule has 4 aliphatic heterocycles. The van der Waals surface area contributed by atoms with Gasteiger partial charge in [0.05, 0.1) is 29.0 Å². The first-order chi connectivity index (χ1) is 20.3. The summed E-state index contributed by atoms with van der Waals surface area (Å²) in [7, 11) is 0. The summed E-state index contributed by atoms with van der Waals surface area (Å²) >= 11 is 0. The summed E-state index contributed by atoms with van der Waals surface area (Å²) in [4.78, 5) is 38.2. The summed E-state index contributed by atoms with van der Waals surface area (Å²) in [6, 6.07) is 7.36. The molecular formula is C33H41FN6O2. The van der Waals surface area contributed by atoms with Crippen molar-refractivity contribution in [3.8, 4) is 11.1 Å². The second-order valence-corrected chi connectivity index (χ2v) is 12.9. The van der Waals surface area contributed by atoms with Gasteiger partial charge in [0.2, 0.25) is 5.91 Å². The predicted molar refractivity (Wildman–Crippen MR) is 161 cm³/mol. The van der Waals surface area contributed by atoms with Crippen LogP contribution in [0, 0.1) is 18.7 Å². The Labute approximate surface area is 246 Å². The number of fused-ring (bicyclic) bond motifs is 4. The van der Waals surface area contributed by atoms with Crippen LogP contribution in [0.1, 0.15) is 68.6 Å². The molecule has 42 heavy (non-hydrogen) atoms. The summed E-state index contributed by atoms with van der Waals surface area (Å²) in [6.07, 6.45) is 10.5. The number of pyridine rings is 1. The van der Waals surface area contributed by atoms with Crippen LogP contribution in [0.2, 0.25) is 0 Å². The monoisotopic (exact) mass is 572 g/mol. The van der Waals surface area contributed by atoms with Gasteiger partial charge < -0.3 is 24.4 Å². The topological polar surface area (TPSA) is 73.2 Å². The number of likely N-dealkylation sites (tertiary alicyclic amines) is 1. The first kappa shape index (κ1) is 27.4. The van der Waals surface area contributed by atoms with Crippen molar-refractivity contribution in [2.45, 2.75) is 83.5 Å². The van der Waals surface area contributed by atoms with Crippen molar-refractivity contribution >= 4 is 23.0 Å². The van der Waals surface area contributed by atoms with Crippen molar-refractivity contribution in [3.63, 3.8) is 0 Å². The lowest BCUT2D eigenvalue weighted by Crippen LogP contribution is -2.61. The van der Waals surface area contributed by atoms with E-state index >= 15 is 0 Å². The summed E-state index contributed by atoms with van der Waals surface area (Å²) in [5.41, 5.74) is 3.85. The lowest BCUT2D eigenvalue weighted by molar-refractivity contribution is -0.137. The zero-order chi connectivity index (χ0) is 29.1. The summed E-state index contributed by atoms with van der Waals surface area (Å²) in [5, 5.41) is 3.61. The number of imidazole rings is 1. The molecule has 1 N–H and O–H groups in total. The van der Waals surface area contributed by atoms with Gasteiger partial charge in [0, 0.05) is 56.1 Å². The van der Waals surface area contributed by atoms with Gasteiger partial charge in [0.25, 0.3) is 5.91 Å². The number of carbonyl (C=O) groups excluding carboxylic acids is 2. The van der Waals surface area contributed by atoms with E-state index in [1.807, 2.05) is 22.9 Å². The molecule has 1 saturated carbocycles. The molecule has 0 radical (unpaired) electrons. The number of aryl methyl sites for hydroxylation is 1. The molecule has 5 aliphatic rings. The lowest BCUT2D eigenvalue weighted by atomic mass is 9.76. The maximum atomic E-state index is 14.6. The van der Waals surface area contributed by atoms with Crippen molar-refractivity contribution in [1.82, 2.24) is 24.5 Å². The summed E-state index contributed by atoms with van der Waals surface area (Å²) < 4.78 is 16.7. The van der Waals surface area contributed by atoms with Gasteiger partial charge in [-0.05, 0) is 89.0 Å². The van der Waals surface area contributed by atoms with Crippen LogP contribution in [0.15, 0.2) is 36.7 Å². The van der Waals surface area contributed by atoms with E-state index in [0.29, 0.717) is 36.2 Å². The van der Waals surface area contributed by atoms with Crippen LogP contribution in [0.5, 0.6) is 0 Å². The molecule has 5 fully saturated rings. The van der Waals surface area contributed by atoms with Gasteiger partial charge in [0.1, 0.15) is 11.6 Å². The maximum Gasteiger partial charge on any atom is 0.255 e. The van der Waals surface area contributed by atoms with Crippen molar-refractivity contribution < 1.29 is 14.0 Å². The molecule has 6 heterocycles. The van der Waals surface area contributed by atoms with Crippen molar-refractivity contribution in [2.75, 3.05) is 31.1 Å². The Bertz CT molecular complexity index is 1510. The van der Waals surface area contributed by atoms with Gasteiger partial charge in [-0.1, -0.05) is 6.07 Å². The summed E-state index contributed by atoms with van der Waals surface area (Å²) in [5.74, 6) is 1.02. The molecule has 1 unspecified atom stereocenters. The molecule has 2 bridgehead atoms. The van der Waals surface area contributed by atoms with E-state index in [2.05, 4.69) is 45.7 Å². The van der Waals surface area contributed by atoms with E-state index in [9.17, 15) is 14.0 Å². The number of anilines is 1. The molecule has 8 rings (SSSR count). The minimum Gasteiger partial charge on any atom is -0.367 e. The lowest BCUT2D eigenvalue weighted by Gasteiger charge is -2.45. The average molecular weight is 573 g/mol. The second kappa shape index (κ2) is 10.7. The standard InChI is InChI=1S/C33H41FN6O2/c1-20-4-5-21(2)40(20)32(41)29-16-24(34)8-11-27(29)28-17-26(19-39-22(3)35-18-30(28)39)37-12-14-38(15-13-37)33(42)31-23-6-9-25(36-31)10-7-23/h8,11,16-21,23,25,31,36H,4-7,9-10,12-15H2,1-3H3/t20-,21+,23?,25?,31?. The molecule has 3 atom stereocenters. The largest absolute Gasteiger partial charge is 0.367 e. The third kappa shape index (κ3) is 4.66. The molecule has 2 aromatic heterocycles. The highest BCUT2D eigenvalue weighted by molar-refractivity contribution is 6.03. The quantitative estimate of drug-likeness (QED) is 0.493. The van der Waals surface area contributed by atoms with E-state index < -0.39 is 5.82 Å². The predicted octanol–water partition coefficient (Wildman–Crippen LogP) is 4.64. The zero-order valence-corrected chi connectivity index (χ0v) is 24.9. The Morgan fingerprint density at radius 3 is 2.31 bits per heavy atom. The number of carbonyl (C=O) groups is 2. The van der Waals surface area contributed by atoms with E-state index in [0.717, 1.165) is 61.4 Å². The number of benzene rings is 1. The minimum absolute atomic E-state index is 0.0314. The Kier molecular flexibility index (Phi) is 6.95. The van der Waals surface area contributed by atoms with Gasteiger partial charge in [-0.15, -0.1) is 0 Å². The van der Waals surface area contributed by atoms with Crippen LogP contribution in [-0.4, -0.2) is 81.3 Å². The molecular weight excluding hydrogens is 531 g/mol. The number of nitrogens with one attached hydrogen (secondary N) is 1. The molecule has 8 nitrogen and oxygen atoms in total. The van der Waals surface area contributed by atoms with Gasteiger partial charge in [-0.2, -0.15) is 0 Å². The molecule has 3 aromatic rings. The first-order valence-electron chi connectivity index (χ1n) is 15.7. The molecule has 222 valence electrons. The highest BCUT2D eigenvalue weighted by atomic mass is 19.1. The van der Waals surface area contributed by atoms with Crippen molar-refractivity contribution in [2.24, 2.45) is 5.92 Å². The Balaban J connectivity index is 1.19.